The number of hydrogen-bond acceptors (Lipinski definition) is 3. The lowest BCUT2D eigenvalue weighted by Crippen LogP contribution is -2.38. The molecule has 1 aromatic carbocycles. The monoisotopic (exact) mass is 241 g/mol. The standard InChI is InChI=1S/C12H16ClNO2/c13-9-4-1-2-6-12(9)16-8-11(15)10-5-3-7-14-10/h1-2,4,6,10-11,14-15H,3,5,7-8H2. The van der Waals surface area contributed by atoms with Gasteiger partial charge in [0.05, 0.1) is 5.02 Å². The van der Waals surface area contributed by atoms with Crippen LogP contribution in [0, 0.1) is 0 Å². The molecule has 0 radical (unpaired) electrons. The van der Waals surface area contributed by atoms with E-state index in [1.807, 2.05) is 12.1 Å². The number of ether oxygens (including phenoxy) is 1. The van der Waals surface area contributed by atoms with Gasteiger partial charge in [-0.05, 0) is 31.5 Å². The van der Waals surface area contributed by atoms with Gasteiger partial charge in [-0.15, -0.1) is 0 Å². The molecule has 0 bridgehead atoms. The average Bonchev–Trinajstić information content (AvgIpc) is 2.81. The first-order valence-electron chi connectivity index (χ1n) is 5.56. The average molecular weight is 242 g/mol. The molecule has 16 heavy (non-hydrogen) atoms. The van der Waals surface area contributed by atoms with Crippen molar-refractivity contribution in [3.63, 3.8) is 0 Å². The molecule has 1 heterocycles. The van der Waals surface area contributed by atoms with Gasteiger partial charge in [-0.2, -0.15) is 0 Å². The third-order valence-electron chi connectivity index (χ3n) is 2.81. The summed E-state index contributed by atoms with van der Waals surface area (Å²) >= 11 is 5.95. The van der Waals surface area contributed by atoms with Gasteiger partial charge in [0.2, 0.25) is 0 Å². The Morgan fingerprint density at radius 3 is 3.00 bits per heavy atom. The second-order valence-electron chi connectivity index (χ2n) is 4.01. The number of nitrogens with one attached hydrogen (secondary N) is 1. The molecule has 0 spiro atoms. The van der Waals surface area contributed by atoms with Gasteiger partial charge in [-0.25, -0.2) is 0 Å². The Morgan fingerprint density at radius 2 is 2.31 bits per heavy atom. The fraction of sp³-hybridized carbons (Fsp3) is 0.500. The first-order valence-corrected chi connectivity index (χ1v) is 5.94. The summed E-state index contributed by atoms with van der Waals surface area (Å²) in [6.45, 7) is 1.26. The van der Waals surface area contributed by atoms with Crippen LogP contribution in [0.2, 0.25) is 5.02 Å². The van der Waals surface area contributed by atoms with Crippen molar-refractivity contribution in [3.05, 3.63) is 29.3 Å². The number of hydrogen-bond donors (Lipinski definition) is 2. The van der Waals surface area contributed by atoms with E-state index < -0.39 is 6.10 Å². The third kappa shape index (κ3) is 2.88. The molecule has 2 N–H and O–H groups in total. The van der Waals surface area contributed by atoms with Crippen LogP contribution >= 0.6 is 11.6 Å². The Labute approximate surface area is 100 Å². The molecule has 0 aliphatic carbocycles. The number of halogens is 1. The molecule has 0 amide bonds. The van der Waals surface area contributed by atoms with Gasteiger partial charge in [0.15, 0.2) is 0 Å². The van der Waals surface area contributed by atoms with Crippen molar-refractivity contribution >= 4 is 11.6 Å². The van der Waals surface area contributed by atoms with Crippen LogP contribution in [0.4, 0.5) is 0 Å². The van der Waals surface area contributed by atoms with E-state index in [1.54, 1.807) is 12.1 Å². The highest BCUT2D eigenvalue weighted by molar-refractivity contribution is 6.32. The summed E-state index contributed by atoms with van der Waals surface area (Å²) in [7, 11) is 0. The van der Waals surface area contributed by atoms with E-state index in [2.05, 4.69) is 5.32 Å². The minimum absolute atomic E-state index is 0.155. The number of rotatable bonds is 4. The summed E-state index contributed by atoms with van der Waals surface area (Å²) < 4.78 is 5.49. The number of para-hydroxylation sites is 1. The highest BCUT2D eigenvalue weighted by atomic mass is 35.5. The summed E-state index contributed by atoms with van der Waals surface area (Å²) in [5.74, 6) is 0.626. The lowest BCUT2D eigenvalue weighted by Gasteiger charge is -2.18. The van der Waals surface area contributed by atoms with Gasteiger partial charge < -0.3 is 15.2 Å². The summed E-state index contributed by atoms with van der Waals surface area (Å²) in [6, 6.07) is 7.45. The SMILES string of the molecule is OC(COc1ccccc1Cl)C1CCCN1. The van der Waals surface area contributed by atoms with Crippen LogP contribution in [-0.4, -0.2) is 30.4 Å². The van der Waals surface area contributed by atoms with E-state index in [9.17, 15) is 5.11 Å². The fourth-order valence-electron chi connectivity index (χ4n) is 1.89. The maximum Gasteiger partial charge on any atom is 0.138 e. The van der Waals surface area contributed by atoms with Crippen molar-refractivity contribution < 1.29 is 9.84 Å². The molecular weight excluding hydrogens is 226 g/mol. The predicted octanol–water partition coefficient (Wildman–Crippen LogP) is 1.83. The smallest absolute Gasteiger partial charge is 0.138 e. The molecule has 0 saturated carbocycles. The van der Waals surface area contributed by atoms with E-state index in [0.717, 1.165) is 19.4 Å². The van der Waals surface area contributed by atoms with E-state index in [0.29, 0.717) is 10.8 Å². The van der Waals surface area contributed by atoms with Crippen LogP contribution < -0.4 is 10.1 Å². The molecule has 2 rings (SSSR count). The molecule has 88 valence electrons. The quantitative estimate of drug-likeness (QED) is 0.845. The Bertz CT molecular complexity index is 340. The second-order valence-corrected chi connectivity index (χ2v) is 4.42. The Hall–Kier alpha value is -0.770. The zero-order valence-electron chi connectivity index (χ0n) is 9.03. The molecule has 3 nitrogen and oxygen atoms in total. The normalized spacial score (nSPS) is 22.0. The molecule has 0 aromatic heterocycles. The van der Waals surface area contributed by atoms with Gasteiger partial charge >= 0.3 is 0 Å². The topological polar surface area (TPSA) is 41.5 Å². The van der Waals surface area contributed by atoms with E-state index in [1.165, 1.54) is 0 Å². The summed E-state index contributed by atoms with van der Waals surface area (Å²) in [5, 5.41) is 13.7. The number of aliphatic hydroxyl groups is 1. The van der Waals surface area contributed by atoms with E-state index >= 15 is 0 Å². The first kappa shape index (κ1) is 11.7. The molecule has 2 atom stereocenters. The Balaban J connectivity index is 1.84. The Kier molecular flexibility index (Phi) is 4.04. The van der Waals surface area contributed by atoms with Crippen molar-refractivity contribution in [2.75, 3.05) is 13.2 Å². The second kappa shape index (κ2) is 5.53. The van der Waals surface area contributed by atoms with Crippen LogP contribution in [0.15, 0.2) is 24.3 Å². The summed E-state index contributed by atoms with van der Waals surface area (Å²) in [5.41, 5.74) is 0. The van der Waals surface area contributed by atoms with Crippen LogP contribution in [0.3, 0.4) is 0 Å². The molecular formula is C12H16ClNO2. The first-order chi connectivity index (χ1) is 7.77. The van der Waals surface area contributed by atoms with Crippen molar-refractivity contribution in [1.82, 2.24) is 5.32 Å². The van der Waals surface area contributed by atoms with Crippen LogP contribution in [-0.2, 0) is 0 Å². The maximum atomic E-state index is 9.87. The van der Waals surface area contributed by atoms with Crippen molar-refractivity contribution in [1.29, 1.82) is 0 Å². The summed E-state index contributed by atoms with van der Waals surface area (Å²) in [4.78, 5) is 0. The minimum Gasteiger partial charge on any atom is -0.489 e. The zero-order chi connectivity index (χ0) is 11.4. The lowest BCUT2D eigenvalue weighted by molar-refractivity contribution is 0.0792. The molecule has 1 saturated heterocycles. The van der Waals surface area contributed by atoms with E-state index in [-0.39, 0.29) is 12.6 Å². The van der Waals surface area contributed by atoms with Gasteiger partial charge in [0.25, 0.3) is 0 Å². The highest BCUT2D eigenvalue weighted by Gasteiger charge is 2.23. The van der Waals surface area contributed by atoms with Crippen LogP contribution in [0.25, 0.3) is 0 Å². The lowest BCUT2D eigenvalue weighted by atomic mass is 10.1. The van der Waals surface area contributed by atoms with Gasteiger partial charge in [-0.1, -0.05) is 23.7 Å². The Morgan fingerprint density at radius 1 is 1.50 bits per heavy atom. The highest BCUT2D eigenvalue weighted by Crippen LogP contribution is 2.23. The molecule has 2 unspecified atom stereocenters. The number of benzene rings is 1. The molecule has 1 aliphatic heterocycles. The zero-order valence-corrected chi connectivity index (χ0v) is 9.78. The van der Waals surface area contributed by atoms with Crippen molar-refractivity contribution in [2.24, 2.45) is 0 Å². The van der Waals surface area contributed by atoms with Crippen molar-refractivity contribution in [2.45, 2.75) is 25.0 Å². The van der Waals surface area contributed by atoms with Crippen LogP contribution in [0.1, 0.15) is 12.8 Å². The summed E-state index contributed by atoms with van der Waals surface area (Å²) in [6.07, 6.45) is 1.65. The molecule has 1 aliphatic rings. The maximum absolute atomic E-state index is 9.87. The number of aliphatic hydroxyl groups excluding tert-OH is 1. The van der Waals surface area contributed by atoms with E-state index in [4.69, 9.17) is 16.3 Å². The largest absolute Gasteiger partial charge is 0.489 e. The van der Waals surface area contributed by atoms with Gasteiger partial charge in [0, 0.05) is 6.04 Å². The molecule has 4 heteroatoms. The molecule has 1 aromatic rings. The minimum atomic E-state index is -0.473. The molecule has 1 fully saturated rings. The van der Waals surface area contributed by atoms with Crippen molar-refractivity contribution in [3.8, 4) is 5.75 Å². The third-order valence-corrected chi connectivity index (χ3v) is 3.12. The van der Waals surface area contributed by atoms with Gasteiger partial charge in [0.1, 0.15) is 18.5 Å². The predicted molar refractivity (Wildman–Crippen MR) is 64.0 cm³/mol. The fourth-order valence-corrected chi connectivity index (χ4v) is 2.08. The van der Waals surface area contributed by atoms with Gasteiger partial charge in [-0.3, -0.25) is 0 Å². The van der Waals surface area contributed by atoms with Crippen LogP contribution in [0.5, 0.6) is 5.75 Å².